The predicted molar refractivity (Wildman–Crippen MR) is 140 cm³/mol. The third-order valence-electron chi connectivity index (χ3n) is 6.62. The maximum absolute atomic E-state index is 13.7. The zero-order valence-electron chi connectivity index (χ0n) is 21.4. The highest BCUT2D eigenvalue weighted by Crippen LogP contribution is 2.30. The molecule has 0 spiro atoms. The Morgan fingerprint density at radius 2 is 1.86 bits per heavy atom. The molecule has 0 radical (unpaired) electrons. The number of hydrogen-bond donors (Lipinski definition) is 3. The zero-order chi connectivity index (χ0) is 26.7. The van der Waals surface area contributed by atoms with E-state index in [-0.39, 0.29) is 18.9 Å². The van der Waals surface area contributed by atoms with E-state index in [4.69, 9.17) is 4.74 Å². The number of aromatic nitrogens is 1. The molecule has 0 saturated carbocycles. The lowest BCUT2D eigenvalue weighted by molar-refractivity contribution is -0.136. The summed E-state index contributed by atoms with van der Waals surface area (Å²) in [5, 5.41) is 16.2. The molecule has 1 aliphatic rings. The number of aromatic amines is 1. The van der Waals surface area contributed by atoms with Crippen molar-refractivity contribution in [3.8, 4) is 11.8 Å². The van der Waals surface area contributed by atoms with Gasteiger partial charge in [-0.1, -0.05) is 45.0 Å². The summed E-state index contributed by atoms with van der Waals surface area (Å²) in [5.41, 5.74) is 1.03. The number of carbonyl (C=O) groups excluding carboxylic acids is 3. The van der Waals surface area contributed by atoms with Crippen molar-refractivity contribution in [3.63, 3.8) is 0 Å². The second-order valence-corrected chi connectivity index (χ2v) is 10.3. The molecule has 3 unspecified atom stereocenters. The van der Waals surface area contributed by atoms with E-state index in [1.54, 1.807) is 31.4 Å². The smallest absolute Gasteiger partial charge is 0.268 e. The van der Waals surface area contributed by atoms with Crippen LogP contribution in [0.15, 0.2) is 54.6 Å². The van der Waals surface area contributed by atoms with Crippen LogP contribution >= 0.6 is 0 Å². The van der Waals surface area contributed by atoms with E-state index in [1.807, 2.05) is 51.1 Å². The molecule has 3 aromatic rings. The quantitative estimate of drug-likeness (QED) is 0.475. The van der Waals surface area contributed by atoms with Gasteiger partial charge in [-0.15, -0.1) is 0 Å². The van der Waals surface area contributed by atoms with E-state index in [0.29, 0.717) is 17.1 Å². The Morgan fingerprint density at radius 3 is 2.51 bits per heavy atom. The fourth-order valence-electron chi connectivity index (χ4n) is 4.61. The Morgan fingerprint density at radius 1 is 1.14 bits per heavy atom. The molecule has 2 heterocycles. The molecular weight excluding hydrogens is 470 g/mol. The van der Waals surface area contributed by atoms with Crippen LogP contribution in [0.25, 0.3) is 10.9 Å². The van der Waals surface area contributed by atoms with Gasteiger partial charge in [-0.25, -0.2) is 0 Å². The van der Waals surface area contributed by atoms with Crippen LogP contribution < -0.4 is 15.4 Å². The van der Waals surface area contributed by atoms with Crippen molar-refractivity contribution in [1.82, 2.24) is 15.2 Å². The number of H-pyrrole nitrogens is 1. The van der Waals surface area contributed by atoms with Crippen molar-refractivity contribution < 1.29 is 19.1 Å². The fraction of sp³-hybridized carbons (Fsp3) is 0.357. The van der Waals surface area contributed by atoms with E-state index in [9.17, 15) is 19.6 Å². The fourth-order valence-corrected chi connectivity index (χ4v) is 4.61. The van der Waals surface area contributed by atoms with Gasteiger partial charge in [0.2, 0.25) is 11.8 Å². The lowest BCUT2D eigenvalue weighted by Gasteiger charge is -2.34. The number of benzene rings is 2. The van der Waals surface area contributed by atoms with Gasteiger partial charge in [0, 0.05) is 23.1 Å². The number of amides is 3. The summed E-state index contributed by atoms with van der Waals surface area (Å²) < 4.78 is 5.38. The monoisotopic (exact) mass is 501 g/mol. The summed E-state index contributed by atoms with van der Waals surface area (Å²) in [6, 6.07) is 16.7. The SMILES string of the molecule is COc1cccc2[nH]c(C(=O)NC(C(=O)N3CC(C(=O)Nc4ccccc4)CC3C#N)C(C)(C)C)cc12. The minimum Gasteiger partial charge on any atom is -0.496 e. The average Bonchev–Trinajstić information content (AvgIpc) is 3.51. The van der Waals surface area contributed by atoms with Gasteiger partial charge in [0.05, 0.1) is 19.1 Å². The first-order valence-corrected chi connectivity index (χ1v) is 12.1. The molecule has 4 rings (SSSR count). The average molecular weight is 502 g/mol. The normalized spacial score (nSPS) is 18.2. The van der Waals surface area contributed by atoms with E-state index >= 15 is 0 Å². The highest BCUT2D eigenvalue weighted by Gasteiger charge is 2.44. The van der Waals surface area contributed by atoms with Gasteiger partial charge in [0.15, 0.2) is 0 Å². The molecule has 37 heavy (non-hydrogen) atoms. The summed E-state index contributed by atoms with van der Waals surface area (Å²) in [6.07, 6.45) is 0.230. The number of nitrogens with one attached hydrogen (secondary N) is 3. The number of nitriles is 1. The number of fused-ring (bicyclic) bond motifs is 1. The summed E-state index contributed by atoms with van der Waals surface area (Å²) in [4.78, 5) is 44.3. The Kier molecular flexibility index (Phi) is 7.21. The number of ether oxygens (including phenoxy) is 1. The molecular formula is C28H31N5O4. The molecule has 3 N–H and O–H groups in total. The summed E-state index contributed by atoms with van der Waals surface area (Å²) >= 11 is 0. The van der Waals surface area contributed by atoms with Crippen LogP contribution in [0.2, 0.25) is 0 Å². The van der Waals surface area contributed by atoms with Crippen LogP contribution in [0.1, 0.15) is 37.7 Å². The maximum Gasteiger partial charge on any atom is 0.268 e. The molecule has 9 heteroatoms. The number of carbonyl (C=O) groups is 3. The van der Waals surface area contributed by atoms with Crippen LogP contribution in [0.5, 0.6) is 5.75 Å². The Hall–Kier alpha value is -4.32. The molecule has 1 fully saturated rings. The Balaban J connectivity index is 1.52. The van der Waals surface area contributed by atoms with Gasteiger partial charge in [-0.05, 0) is 42.2 Å². The van der Waals surface area contributed by atoms with Gasteiger partial charge < -0.3 is 25.3 Å². The predicted octanol–water partition coefficient (Wildman–Crippen LogP) is 3.70. The van der Waals surface area contributed by atoms with Crippen molar-refractivity contribution in [3.05, 3.63) is 60.3 Å². The summed E-state index contributed by atoms with van der Waals surface area (Å²) in [5.74, 6) is -0.991. The number of likely N-dealkylation sites (tertiary alicyclic amines) is 1. The molecule has 0 bridgehead atoms. The van der Waals surface area contributed by atoms with Gasteiger partial charge in [0.1, 0.15) is 23.5 Å². The molecule has 3 amide bonds. The van der Waals surface area contributed by atoms with Crippen molar-refractivity contribution in [2.45, 2.75) is 39.3 Å². The zero-order valence-corrected chi connectivity index (χ0v) is 21.4. The molecule has 3 atom stereocenters. The highest BCUT2D eigenvalue weighted by atomic mass is 16.5. The largest absolute Gasteiger partial charge is 0.496 e. The van der Waals surface area contributed by atoms with Crippen molar-refractivity contribution in [2.24, 2.45) is 11.3 Å². The van der Waals surface area contributed by atoms with Gasteiger partial charge in [-0.2, -0.15) is 5.26 Å². The van der Waals surface area contributed by atoms with Gasteiger partial charge in [0.25, 0.3) is 5.91 Å². The van der Waals surface area contributed by atoms with E-state index in [2.05, 4.69) is 21.7 Å². The molecule has 0 aliphatic carbocycles. The van der Waals surface area contributed by atoms with Crippen molar-refractivity contribution in [2.75, 3.05) is 19.0 Å². The topological polar surface area (TPSA) is 127 Å². The highest BCUT2D eigenvalue weighted by molar-refractivity contribution is 6.02. The first-order valence-electron chi connectivity index (χ1n) is 12.1. The lowest BCUT2D eigenvalue weighted by Crippen LogP contribution is -2.55. The first kappa shape index (κ1) is 25.8. The van der Waals surface area contributed by atoms with E-state index < -0.39 is 35.2 Å². The molecule has 192 valence electrons. The minimum absolute atomic E-state index is 0.0990. The molecule has 1 aliphatic heterocycles. The third-order valence-corrected chi connectivity index (χ3v) is 6.62. The Labute approximate surface area is 215 Å². The molecule has 2 aromatic carbocycles. The van der Waals surface area contributed by atoms with Crippen LogP contribution in [0.3, 0.4) is 0 Å². The number of rotatable bonds is 6. The summed E-state index contributed by atoms with van der Waals surface area (Å²) in [7, 11) is 1.56. The maximum atomic E-state index is 13.7. The Bertz CT molecular complexity index is 1350. The second-order valence-electron chi connectivity index (χ2n) is 10.3. The number of anilines is 1. The molecule has 1 aromatic heterocycles. The minimum atomic E-state index is -0.917. The standard InChI is InChI=1S/C28H31N5O4/c1-28(2,3)24(32-26(35)22-14-20-21(31-22)11-8-12-23(20)37-4)27(36)33-16-17(13-19(33)15-29)25(34)30-18-9-6-5-7-10-18/h5-12,14,17,19,24,31H,13,16H2,1-4H3,(H,30,34)(H,32,35). The van der Waals surface area contributed by atoms with Gasteiger partial charge >= 0.3 is 0 Å². The van der Waals surface area contributed by atoms with Crippen molar-refractivity contribution >= 4 is 34.3 Å². The summed E-state index contributed by atoms with van der Waals surface area (Å²) in [6.45, 7) is 5.64. The number of para-hydroxylation sites is 1. The van der Waals surface area contributed by atoms with Crippen LogP contribution in [0.4, 0.5) is 5.69 Å². The number of methoxy groups -OCH3 is 1. The van der Waals surface area contributed by atoms with E-state index in [1.165, 1.54) is 4.90 Å². The van der Waals surface area contributed by atoms with Crippen LogP contribution in [-0.2, 0) is 9.59 Å². The van der Waals surface area contributed by atoms with E-state index in [0.717, 1.165) is 10.9 Å². The van der Waals surface area contributed by atoms with Crippen molar-refractivity contribution in [1.29, 1.82) is 5.26 Å². The molecule has 9 nitrogen and oxygen atoms in total. The lowest BCUT2D eigenvalue weighted by atomic mass is 9.85. The van der Waals surface area contributed by atoms with Crippen LogP contribution in [0, 0.1) is 22.7 Å². The first-order chi connectivity index (χ1) is 17.6. The molecule has 1 saturated heterocycles. The number of hydrogen-bond acceptors (Lipinski definition) is 5. The second kappa shape index (κ2) is 10.3. The third kappa shape index (κ3) is 5.43. The van der Waals surface area contributed by atoms with Crippen LogP contribution in [-0.4, -0.2) is 53.3 Å². The number of nitrogens with zero attached hydrogens (tertiary/aromatic N) is 2. The van der Waals surface area contributed by atoms with Gasteiger partial charge in [-0.3, -0.25) is 14.4 Å².